The van der Waals surface area contributed by atoms with Gasteiger partial charge in [0.25, 0.3) is 0 Å². The number of nitrogens with two attached hydrogens (primary N) is 1. The molecule has 0 heterocycles. The van der Waals surface area contributed by atoms with Crippen LogP contribution < -0.4 is 11.1 Å². The molecule has 0 aliphatic carbocycles. The molecule has 1 rings (SSSR count). The third-order valence-electron chi connectivity index (χ3n) is 2.58. The van der Waals surface area contributed by atoms with Gasteiger partial charge in [-0.05, 0) is 37.9 Å². The van der Waals surface area contributed by atoms with Crippen molar-refractivity contribution < 1.29 is 5.21 Å². The molecule has 0 atom stereocenters. The zero-order valence-corrected chi connectivity index (χ0v) is 10.1. The third kappa shape index (κ3) is 6.58. The lowest BCUT2D eigenvalue weighted by Crippen LogP contribution is -2.20. The molecular formula is C13H21N3O. The van der Waals surface area contributed by atoms with Crippen molar-refractivity contribution in [2.24, 2.45) is 10.9 Å². The van der Waals surface area contributed by atoms with E-state index in [0.717, 1.165) is 32.4 Å². The van der Waals surface area contributed by atoms with Gasteiger partial charge >= 0.3 is 0 Å². The SMILES string of the molecule is NC(CCCNCCCc1ccccc1)=NO. The summed E-state index contributed by atoms with van der Waals surface area (Å²) in [5, 5.41) is 14.6. The molecule has 0 spiro atoms. The summed E-state index contributed by atoms with van der Waals surface area (Å²) in [6, 6.07) is 10.5. The third-order valence-corrected chi connectivity index (χ3v) is 2.58. The van der Waals surface area contributed by atoms with Crippen molar-refractivity contribution in [1.29, 1.82) is 0 Å². The van der Waals surface area contributed by atoms with Crippen molar-refractivity contribution in [3.8, 4) is 0 Å². The van der Waals surface area contributed by atoms with Crippen LogP contribution in [0.3, 0.4) is 0 Å². The Morgan fingerprint density at radius 3 is 2.59 bits per heavy atom. The molecule has 0 bridgehead atoms. The van der Waals surface area contributed by atoms with Gasteiger partial charge < -0.3 is 16.3 Å². The number of benzene rings is 1. The standard InChI is InChI=1S/C13H21N3O/c14-13(16-17)9-5-11-15-10-4-8-12-6-2-1-3-7-12/h1-3,6-7,15,17H,4-5,8-11H2,(H2,14,16). The smallest absolute Gasteiger partial charge is 0.139 e. The minimum absolute atomic E-state index is 0.302. The number of amidine groups is 1. The van der Waals surface area contributed by atoms with Gasteiger partial charge in [-0.1, -0.05) is 35.5 Å². The van der Waals surface area contributed by atoms with Gasteiger partial charge in [-0.25, -0.2) is 0 Å². The largest absolute Gasteiger partial charge is 0.409 e. The normalized spacial score (nSPS) is 11.6. The van der Waals surface area contributed by atoms with Gasteiger partial charge in [0.05, 0.1) is 0 Å². The second kappa shape index (κ2) is 8.58. The monoisotopic (exact) mass is 235 g/mol. The van der Waals surface area contributed by atoms with Gasteiger partial charge in [0.1, 0.15) is 5.84 Å². The molecular weight excluding hydrogens is 214 g/mol. The van der Waals surface area contributed by atoms with Crippen LogP contribution in [0, 0.1) is 0 Å². The summed E-state index contributed by atoms with van der Waals surface area (Å²) in [6.45, 7) is 1.91. The van der Waals surface area contributed by atoms with Crippen LogP contribution in [0.25, 0.3) is 0 Å². The summed E-state index contributed by atoms with van der Waals surface area (Å²) < 4.78 is 0. The first kappa shape index (κ1) is 13.5. The van der Waals surface area contributed by atoms with Crippen LogP contribution in [0.4, 0.5) is 0 Å². The molecule has 0 aliphatic heterocycles. The van der Waals surface area contributed by atoms with Gasteiger partial charge in [0, 0.05) is 6.42 Å². The van der Waals surface area contributed by atoms with Crippen molar-refractivity contribution in [2.45, 2.75) is 25.7 Å². The highest BCUT2D eigenvalue weighted by Crippen LogP contribution is 2.01. The Morgan fingerprint density at radius 1 is 1.18 bits per heavy atom. The van der Waals surface area contributed by atoms with Crippen LogP contribution in [0.2, 0.25) is 0 Å². The second-order valence-electron chi connectivity index (χ2n) is 4.03. The van der Waals surface area contributed by atoms with E-state index in [1.165, 1.54) is 5.56 Å². The Bertz CT molecular complexity index is 325. The molecule has 1 aromatic carbocycles. The molecule has 4 heteroatoms. The summed E-state index contributed by atoms with van der Waals surface area (Å²) in [6.07, 6.45) is 3.78. The van der Waals surface area contributed by atoms with E-state index in [1.54, 1.807) is 0 Å². The minimum atomic E-state index is 0.302. The van der Waals surface area contributed by atoms with E-state index < -0.39 is 0 Å². The predicted octanol–water partition coefficient (Wildman–Crippen LogP) is 1.74. The molecule has 0 aromatic heterocycles. The van der Waals surface area contributed by atoms with Crippen molar-refractivity contribution in [3.63, 3.8) is 0 Å². The average Bonchev–Trinajstić information content (AvgIpc) is 2.38. The second-order valence-corrected chi connectivity index (χ2v) is 4.03. The predicted molar refractivity (Wildman–Crippen MR) is 70.3 cm³/mol. The molecule has 0 amide bonds. The number of oxime groups is 1. The van der Waals surface area contributed by atoms with Crippen LogP contribution in [0.15, 0.2) is 35.5 Å². The number of rotatable bonds is 8. The van der Waals surface area contributed by atoms with E-state index in [-0.39, 0.29) is 0 Å². The molecule has 0 saturated heterocycles. The zero-order valence-electron chi connectivity index (χ0n) is 10.1. The minimum Gasteiger partial charge on any atom is -0.409 e. The van der Waals surface area contributed by atoms with Crippen molar-refractivity contribution in [1.82, 2.24) is 5.32 Å². The van der Waals surface area contributed by atoms with Crippen molar-refractivity contribution in [3.05, 3.63) is 35.9 Å². The first-order valence-corrected chi connectivity index (χ1v) is 6.04. The fraction of sp³-hybridized carbons (Fsp3) is 0.462. The molecule has 0 radical (unpaired) electrons. The first-order chi connectivity index (χ1) is 8.33. The van der Waals surface area contributed by atoms with Gasteiger partial charge in [-0.15, -0.1) is 0 Å². The number of hydrogen-bond donors (Lipinski definition) is 3. The highest BCUT2D eigenvalue weighted by atomic mass is 16.4. The average molecular weight is 235 g/mol. The molecule has 94 valence electrons. The fourth-order valence-corrected chi connectivity index (χ4v) is 1.63. The van der Waals surface area contributed by atoms with Gasteiger partial charge in [0.2, 0.25) is 0 Å². The summed E-state index contributed by atoms with van der Waals surface area (Å²) in [7, 11) is 0. The number of nitrogens with zero attached hydrogens (tertiary/aromatic N) is 1. The van der Waals surface area contributed by atoms with Crippen LogP contribution in [-0.2, 0) is 6.42 Å². The van der Waals surface area contributed by atoms with Crippen molar-refractivity contribution in [2.75, 3.05) is 13.1 Å². The van der Waals surface area contributed by atoms with Gasteiger partial charge in [-0.2, -0.15) is 0 Å². The maximum absolute atomic E-state index is 8.34. The van der Waals surface area contributed by atoms with E-state index in [9.17, 15) is 0 Å². The van der Waals surface area contributed by atoms with E-state index in [4.69, 9.17) is 10.9 Å². The molecule has 17 heavy (non-hydrogen) atoms. The highest BCUT2D eigenvalue weighted by molar-refractivity contribution is 5.79. The Kier molecular flexibility index (Phi) is 6.82. The van der Waals surface area contributed by atoms with E-state index in [1.807, 2.05) is 6.07 Å². The molecule has 0 fully saturated rings. The molecule has 0 unspecified atom stereocenters. The highest BCUT2D eigenvalue weighted by Gasteiger charge is 1.94. The number of nitrogens with one attached hydrogen (secondary N) is 1. The van der Waals surface area contributed by atoms with E-state index in [0.29, 0.717) is 12.3 Å². The summed E-state index contributed by atoms with van der Waals surface area (Å²) in [5.74, 6) is 0.302. The number of aryl methyl sites for hydroxylation is 1. The quantitative estimate of drug-likeness (QED) is 0.211. The van der Waals surface area contributed by atoms with Gasteiger partial charge in [-0.3, -0.25) is 0 Å². The zero-order chi connectivity index (χ0) is 12.3. The van der Waals surface area contributed by atoms with Crippen LogP contribution in [0.1, 0.15) is 24.8 Å². The Balaban J connectivity index is 1.95. The number of hydrogen-bond acceptors (Lipinski definition) is 3. The van der Waals surface area contributed by atoms with E-state index in [2.05, 4.69) is 34.7 Å². The maximum Gasteiger partial charge on any atom is 0.139 e. The lowest BCUT2D eigenvalue weighted by atomic mass is 10.1. The first-order valence-electron chi connectivity index (χ1n) is 6.04. The molecule has 0 saturated carbocycles. The Labute approximate surface area is 103 Å². The Morgan fingerprint density at radius 2 is 1.88 bits per heavy atom. The maximum atomic E-state index is 8.34. The Hall–Kier alpha value is -1.55. The molecule has 4 nitrogen and oxygen atoms in total. The molecule has 1 aromatic rings. The van der Waals surface area contributed by atoms with Crippen molar-refractivity contribution >= 4 is 5.84 Å². The lowest BCUT2D eigenvalue weighted by molar-refractivity contribution is 0.316. The summed E-state index contributed by atoms with van der Waals surface area (Å²) >= 11 is 0. The molecule has 0 aliphatic rings. The lowest BCUT2D eigenvalue weighted by Gasteiger charge is -2.04. The van der Waals surface area contributed by atoms with E-state index >= 15 is 0 Å². The summed E-state index contributed by atoms with van der Waals surface area (Å²) in [4.78, 5) is 0. The molecule has 4 N–H and O–H groups in total. The summed E-state index contributed by atoms with van der Waals surface area (Å²) in [5.41, 5.74) is 6.74. The van der Waals surface area contributed by atoms with Crippen LogP contribution >= 0.6 is 0 Å². The van der Waals surface area contributed by atoms with Crippen LogP contribution in [-0.4, -0.2) is 24.1 Å². The van der Waals surface area contributed by atoms with Crippen LogP contribution in [0.5, 0.6) is 0 Å². The van der Waals surface area contributed by atoms with Gasteiger partial charge in [0.15, 0.2) is 0 Å². The fourth-order valence-electron chi connectivity index (χ4n) is 1.63. The topological polar surface area (TPSA) is 70.6 Å².